The highest BCUT2D eigenvalue weighted by Gasteiger charge is 2.22. The predicted octanol–water partition coefficient (Wildman–Crippen LogP) is 4.48. The van der Waals surface area contributed by atoms with Gasteiger partial charge in [-0.3, -0.25) is 0 Å². The Balaban J connectivity index is 1.77. The van der Waals surface area contributed by atoms with Crippen LogP contribution in [0.1, 0.15) is 42.5 Å². The summed E-state index contributed by atoms with van der Waals surface area (Å²) in [5.74, 6) is 3.18. The van der Waals surface area contributed by atoms with Crippen molar-refractivity contribution < 1.29 is 4.42 Å². The minimum Gasteiger partial charge on any atom is -0.465 e. The van der Waals surface area contributed by atoms with Gasteiger partial charge in [-0.15, -0.1) is 11.8 Å². The Bertz CT molecular complexity index is 563. The monoisotopic (exact) mass is 273 g/mol. The van der Waals surface area contributed by atoms with Crippen LogP contribution in [0.15, 0.2) is 45.7 Å². The maximum Gasteiger partial charge on any atom is 0.120 e. The molecule has 3 rings (SSSR count). The molecule has 3 heteroatoms. The number of aryl methyl sites for hydroxylation is 1. The zero-order chi connectivity index (χ0) is 13.2. The summed E-state index contributed by atoms with van der Waals surface area (Å²) in [6, 6.07) is 13.5. The fraction of sp³-hybridized carbons (Fsp3) is 0.375. The topological polar surface area (TPSA) is 25.2 Å². The molecule has 1 aromatic heterocycles. The third-order valence-electron chi connectivity index (χ3n) is 3.60. The third kappa shape index (κ3) is 2.72. The van der Waals surface area contributed by atoms with Gasteiger partial charge in [0.05, 0.1) is 6.04 Å². The van der Waals surface area contributed by atoms with Gasteiger partial charge < -0.3 is 9.73 Å². The van der Waals surface area contributed by atoms with E-state index in [-0.39, 0.29) is 6.04 Å². The van der Waals surface area contributed by atoms with Crippen molar-refractivity contribution >= 4 is 11.8 Å². The SMILES string of the molecule is Cc1ccc(C(C)NC2CCSc3ccccc32)o1. The highest BCUT2D eigenvalue weighted by Crippen LogP contribution is 2.37. The van der Waals surface area contributed by atoms with Crippen molar-refractivity contribution in [3.8, 4) is 0 Å². The number of benzene rings is 1. The lowest BCUT2D eigenvalue weighted by molar-refractivity contribution is 0.376. The van der Waals surface area contributed by atoms with Gasteiger partial charge in [0, 0.05) is 10.9 Å². The second-order valence-corrected chi connectivity index (χ2v) is 6.20. The van der Waals surface area contributed by atoms with E-state index in [0.717, 1.165) is 11.5 Å². The molecule has 0 saturated carbocycles. The molecule has 2 unspecified atom stereocenters. The molecular weight excluding hydrogens is 254 g/mol. The summed E-state index contributed by atoms with van der Waals surface area (Å²) in [7, 11) is 0. The van der Waals surface area contributed by atoms with E-state index in [4.69, 9.17) is 4.42 Å². The molecule has 1 N–H and O–H groups in total. The summed E-state index contributed by atoms with van der Waals surface area (Å²) in [5, 5.41) is 3.70. The standard InChI is InChI=1S/C16H19NOS/c1-11-7-8-15(18-11)12(2)17-14-9-10-19-16-6-4-3-5-13(14)16/h3-8,12,14,17H,9-10H2,1-2H3. The van der Waals surface area contributed by atoms with Gasteiger partial charge in [-0.05, 0) is 49.8 Å². The Morgan fingerprint density at radius 2 is 2.11 bits per heavy atom. The molecule has 19 heavy (non-hydrogen) atoms. The summed E-state index contributed by atoms with van der Waals surface area (Å²) in [4.78, 5) is 1.41. The molecule has 0 saturated heterocycles. The van der Waals surface area contributed by atoms with Crippen LogP contribution in [0.3, 0.4) is 0 Å². The van der Waals surface area contributed by atoms with Crippen molar-refractivity contribution in [2.24, 2.45) is 0 Å². The van der Waals surface area contributed by atoms with E-state index in [1.807, 2.05) is 24.8 Å². The Kier molecular flexibility index (Phi) is 3.67. The van der Waals surface area contributed by atoms with Crippen molar-refractivity contribution in [3.05, 3.63) is 53.5 Å². The first kappa shape index (κ1) is 12.8. The Hall–Kier alpha value is -1.19. The second kappa shape index (κ2) is 5.43. The number of hydrogen-bond donors (Lipinski definition) is 1. The maximum atomic E-state index is 5.71. The van der Waals surface area contributed by atoms with Gasteiger partial charge in [0.2, 0.25) is 0 Å². The average molecular weight is 273 g/mol. The van der Waals surface area contributed by atoms with Crippen molar-refractivity contribution in [2.45, 2.75) is 37.2 Å². The first-order valence-corrected chi connectivity index (χ1v) is 7.76. The van der Waals surface area contributed by atoms with E-state index in [0.29, 0.717) is 6.04 Å². The minimum atomic E-state index is 0.245. The van der Waals surface area contributed by atoms with Crippen molar-refractivity contribution in [3.63, 3.8) is 0 Å². The number of thioether (sulfide) groups is 1. The van der Waals surface area contributed by atoms with E-state index in [9.17, 15) is 0 Å². The number of nitrogens with one attached hydrogen (secondary N) is 1. The largest absolute Gasteiger partial charge is 0.465 e. The molecule has 1 aliphatic rings. The van der Waals surface area contributed by atoms with Crippen LogP contribution in [-0.4, -0.2) is 5.75 Å². The minimum absolute atomic E-state index is 0.245. The molecule has 2 nitrogen and oxygen atoms in total. The first-order valence-electron chi connectivity index (χ1n) is 6.78. The van der Waals surface area contributed by atoms with Crippen LogP contribution in [0.25, 0.3) is 0 Å². The predicted molar refractivity (Wildman–Crippen MR) is 79.5 cm³/mol. The van der Waals surface area contributed by atoms with Crippen LogP contribution in [0.2, 0.25) is 0 Å². The van der Waals surface area contributed by atoms with Gasteiger partial charge in [-0.2, -0.15) is 0 Å². The van der Waals surface area contributed by atoms with Crippen molar-refractivity contribution in [2.75, 3.05) is 5.75 Å². The van der Waals surface area contributed by atoms with Gasteiger partial charge in [0.25, 0.3) is 0 Å². The van der Waals surface area contributed by atoms with E-state index in [1.54, 1.807) is 0 Å². The third-order valence-corrected chi connectivity index (χ3v) is 4.72. The normalized spacial score (nSPS) is 20.0. The molecule has 0 bridgehead atoms. The second-order valence-electron chi connectivity index (χ2n) is 5.06. The number of furan rings is 1. The Morgan fingerprint density at radius 1 is 1.26 bits per heavy atom. The fourth-order valence-corrected chi connectivity index (χ4v) is 3.71. The highest BCUT2D eigenvalue weighted by molar-refractivity contribution is 7.99. The molecule has 0 fully saturated rings. The lowest BCUT2D eigenvalue weighted by Crippen LogP contribution is -2.27. The Morgan fingerprint density at radius 3 is 2.89 bits per heavy atom. The molecule has 0 amide bonds. The van der Waals surface area contributed by atoms with Crippen molar-refractivity contribution in [1.82, 2.24) is 5.32 Å². The molecule has 1 aliphatic heterocycles. The lowest BCUT2D eigenvalue weighted by atomic mass is 10.0. The molecule has 0 spiro atoms. The van der Waals surface area contributed by atoms with Gasteiger partial charge in [-0.1, -0.05) is 18.2 Å². The van der Waals surface area contributed by atoms with Gasteiger partial charge in [-0.25, -0.2) is 0 Å². The smallest absolute Gasteiger partial charge is 0.120 e. The maximum absolute atomic E-state index is 5.71. The van der Waals surface area contributed by atoms with Crippen LogP contribution < -0.4 is 5.32 Å². The molecular formula is C16H19NOS. The van der Waals surface area contributed by atoms with E-state index < -0.39 is 0 Å². The molecule has 2 aromatic rings. The Labute approximate surface area is 118 Å². The summed E-state index contributed by atoms with van der Waals surface area (Å²) in [6.07, 6.45) is 1.17. The lowest BCUT2D eigenvalue weighted by Gasteiger charge is -2.28. The van der Waals surface area contributed by atoms with Gasteiger partial charge >= 0.3 is 0 Å². The highest BCUT2D eigenvalue weighted by atomic mass is 32.2. The zero-order valence-electron chi connectivity index (χ0n) is 11.3. The molecule has 2 atom stereocenters. The summed E-state index contributed by atoms with van der Waals surface area (Å²) >= 11 is 1.96. The average Bonchev–Trinajstić information content (AvgIpc) is 2.86. The fourth-order valence-electron chi connectivity index (χ4n) is 2.59. The molecule has 2 heterocycles. The summed E-state index contributed by atoms with van der Waals surface area (Å²) in [6.45, 7) is 4.16. The van der Waals surface area contributed by atoms with Crippen LogP contribution >= 0.6 is 11.8 Å². The van der Waals surface area contributed by atoms with Crippen LogP contribution in [0.5, 0.6) is 0 Å². The van der Waals surface area contributed by atoms with Gasteiger partial charge in [0.15, 0.2) is 0 Å². The van der Waals surface area contributed by atoms with Gasteiger partial charge in [0.1, 0.15) is 11.5 Å². The van der Waals surface area contributed by atoms with Crippen molar-refractivity contribution in [1.29, 1.82) is 0 Å². The molecule has 100 valence electrons. The zero-order valence-corrected chi connectivity index (χ0v) is 12.2. The molecule has 0 aliphatic carbocycles. The number of rotatable bonds is 3. The molecule has 1 aromatic carbocycles. The quantitative estimate of drug-likeness (QED) is 0.893. The summed E-state index contributed by atoms with van der Waals surface area (Å²) in [5.41, 5.74) is 1.42. The molecule has 0 radical (unpaired) electrons. The van der Waals surface area contributed by atoms with E-state index in [1.165, 1.54) is 22.6 Å². The summed E-state index contributed by atoms with van der Waals surface area (Å²) < 4.78 is 5.71. The van der Waals surface area contributed by atoms with E-state index >= 15 is 0 Å². The first-order chi connectivity index (χ1) is 9.24. The van der Waals surface area contributed by atoms with Crippen LogP contribution in [0.4, 0.5) is 0 Å². The van der Waals surface area contributed by atoms with Crippen LogP contribution in [0, 0.1) is 6.92 Å². The number of fused-ring (bicyclic) bond motifs is 1. The number of hydrogen-bond acceptors (Lipinski definition) is 3. The van der Waals surface area contributed by atoms with E-state index in [2.05, 4.69) is 42.6 Å². The van der Waals surface area contributed by atoms with Crippen LogP contribution in [-0.2, 0) is 0 Å².